The van der Waals surface area contributed by atoms with Crippen molar-refractivity contribution >= 4 is 8.25 Å². The van der Waals surface area contributed by atoms with E-state index in [1.807, 2.05) is 26.8 Å². The summed E-state index contributed by atoms with van der Waals surface area (Å²) >= 11 is 0. The Morgan fingerprint density at radius 1 is 1.50 bits per heavy atom. The van der Waals surface area contributed by atoms with Gasteiger partial charge in [0.25, 0.3) is 0 Å². The minimum Gasteiger partial charge on any atom is -0.119 e. The van der Waals surface area contributed by atoms with Crippen molar-refractivity contribution in [2.75, 3.05) is 13.2 Å². The molecule has 14 heavy (non-hydrogen) atoms. The second kappa shape index (κ2) is 6.73. The summed E-state index contributed by atoms with van der Waals surface area (Å²) in [5, 5.41) is 0. The van der Waals surface area contributed by atoms with E-state index in [1.165, 1.54) is 0 Å². The minimum absolute atomic E-state index is 0.231. The second-order valence-corrected chi connectivity index (χ2v) is 4.35. The van der Waals surface area contributed by atoms with E-state index in [4.69, 9.17) is 15.5 Å². The normalized spacial score (nSPS) is 12.9. The third kappa shape index (κ3) is 6.80. The van der Waals surface area contributed by atoms with E-state index in [1.54, 1.807) is 6.08 Å². The van der Waals surface area contributed by atoms with E-state index in [2.05, 4.69) is 5.92 Å². The Labute approximate surface area is 86.4 Å². The molecule has 0 radical (unpaired) electrons. The predicted octanol–water partition coefficient (Wildman–Crippen LogP) is 2.91. The lowest BCUT2D eigenvalue weighted by Gasteiger charge is -2.11. The van der Waals surface area contributed by atoms with Gasteiger partial charge in [-0.15, -0.1) is 15.5 Å². The van der Waals surface area contributed by atoms with Crippen LogP contribution in [0.15, 0.2) is 12.2 Å². The van der Waals surface area contributed by atoms with Gasteiger partial charge < -0.3 is 0 Å². The molecular weight excluding hydrogens is 199 g/mol. The summed E-state index contributed by atoms with van der Waals surface area (Å²) in [5.41, 5.74) is -0.408. The van der Waals surface area contributed by atoms with E-state index in [0.29, 0.717) is 6.61 Å². The van der Waals surface area contributed by atoms with Gasteiger partial charge in [-0.2, -0.15) is 0 Å². The van der Waals surface area contributed by atoms with Crippen LogP contribution in [0.1, 0.15) is 20.8 Å². The highest BCUT2D eigenvalue weighted by molar-refractivity contribution is 7.33. The monoisotopic (exact) mass is 215 g/mol. The van der Waals surface area contributed by atoms with Gasteiger partial charge in [0, 0.05) is 4.57 Å². The van der Waals surface area contributed by atoms with Crippen molar-refractivity contribution in [3.05, 3.63) is 12.2 Å². The number of rotatable bonds is 6. The molecule has 0 rings (SSSR count). The van der Waals surface area contributed by atoms with Crippen LogP contribution in [0.25, 0.3) is 0 Å². The molecule has 0 spiro atoms. The summed E-state index contributed by atoms with van der Waals surface area (Å²) in [4.78, 5) is 0. The van der Waals surface area contributed by atoms with Gasteiger partial charge in [-0.1, -0.05) is 18.1 Å². The Bertz CT molecular complexity index is 251. The zero-order valence-corrected chi connectivity index (χ0v) is 9.71. The first-order chi connectivity index (χ1) is 6.52. The zero-order chi connectivity index (χ0) is 11.0. The van der Waals surface area contributed by atoms with E-state index in [9.17, 15) is 4.57 Å². The van der Waals surface area contributed by atoms with Crippen molar-refractivity contribution in [1.29, 1.82) is 0 Å². The van der Waals surface area contributed by atoms with Crippen LogP contribution in [0.3, 0.4) is 0 Å². The highest BCUT2D eigenvalue weighted by Crippen LogP contribution is 2.27. The van der Waals surface area contributed by atoms with Crippen LogP contribution in [0.4, 0.5) is 0 Å². The molecule has 1 atom stereocenters. The molecule has 78 valence electrons. The highest BCUT2D eigenvalue weighted by Gasteiger charge is 2.25. The Morgan fingerprint density at radius 3 is 2.64 bits per heavy atom. The molecule has 0 aromatic carbocycles. The SMILES string of the molecule is C#CC(C)(C)CO[P+](=O)OCC=CC. The molecule has 0 aliphatic heterocycles. The molecule has 3 nitrogen and oxygen atoms in total. The molecule has 0 N–H and O–H groups in total. The van der Waals surface area contributed by atoms with Crippen LogP contribution in [0, 0.1) is 17.8 Å². The van der Waals surface area contributed by atoms with Crippen molar-refractivity contribution in [1.82, 2.24) is 0 Å². The maximum atomic E-state index is 11.1. The van der Waals surface area contributed by atoms with Crippen molar-refractivity contribution in [2.45, 2.75) is 20.8 Å². The smallest absolute Gasteiger partial charge is 0.119 e. The summed E-state index contributed by atoms with van der Waals surface area (Å²) in [6, 6.07) is 0. The van der Waals surface area contributed by atoms with Crippen molar-refractivity contribution in [3.63, 3.8) is 0 Å². The molecule has 0 saturated carbocycles. The van der Waals surface area contributed by atoms with Gasteiger partial charge in [-0.05, 0) is 20.8 Å². The molecule has 0 fully saturated rings. The minimum atomic E-state index is -2.06. The lowest BCUT2D eigenvalue weighted by atomic mass is 9.97. The van der Waals surface area contributed by atoms with E-state index in [-0.39, 0.29) is 6.61 Å². The number of hydrogen-bond donors (Lipinski definition) is 0. The second-order valence-electron chi connectivity index (χ2n) is 3.39. The molecular formula is C10H16O3P+. The molecule has 0 heterocycles. The standard InChI is InChI=1S/C10H16O3P/c1-5-7-8-12-14(11)13-9-10(3,4)6-2/h2,5,7H,8-9H2,1,3-4H3/q+1. The van der Waals surface area contributed by atoms with E-state index < -0.39 is 13.7 Å². The molecule has 0 bridgehead atoms. The van der Waals surface area contributed by atoms with Crippen LogP contribution in [0.2, 0.25) is 0 Å². The molecule has 0 aliphatic rings. The maximum Gasteiger partial charge on any atom is 0.697 e. The Morgan fingerprint density at radius 2 is 2.14 bits per heavy atom. The maximum absolute atomic E-state index is 11.1. The average molecular weight is 215 g/mol. The van der Waals surface area contributed by atoms with Crippen LogP contribution in [0.5, 0.6) is 0 Å². The van der Waals surface area contributed by atoms with Crippen molar-refractivity contribution in [2.24, 2.45) is 5.41 Å². The number of terminal acetylenes is 1. The third-order valence-corrected chi connectivity index (χ3v) is 2.13. The first kappa shape index (κ1) is 13.3. The Balaban J connectivity index is 3.70. The summed E-state index contributed by atoms with van der Waals surface area (Å²) in [5.74, 6) is 2.54. The first-order valence-corrected chi connectivity index (χ1v) is 5.43. The lowest BCUT2D eigenvalue weighted by Crippen LogP contribution is -2.14. The number of hydrogen-bond acceptors (Lipinski definition) is 3. The van der Waals surface area contributed by atoms with Gasteiger partial charge in [0.2, 0.25) is 0 Å². The third-order valence-electron chi connectivity index (χ3n) is 1.43. The average Bonchev–Trinajstić information content (AvgIpc) is 2.16. The van der Waals surface area contributed by atoms with Gasteiger partial charge in [-0.25, -0.2) is 0 Å². The molecule has 4 heteroatoms. The van der Waals surface area contributed by atoms with E-state index in [0.717, 1.165) is 0 Å². The Hall–Kier alpha value is -0.680. The van der Waals surface area contributed by atoms with Gasteiger partial charge in [0.1, 0.15) is 13.2 Å². The fourth-order valence-corrected chi connectivity index (χ4v) is 1.20. The van der Waals surface area contributed by atoms with Crippen molar-refractivity contribution < 1.29 is 13.6 Å². The lowest BCUT2D eigenvalue weighted by molar-refractivity contribution is 0.193. The van der Waals surface area contributed by atoms with Gasteiger partial charge >= 0.3 is 8.25 Å². The van der Waals surface area contributed by atoms with E-state index >= 15 is 0 Å². The first-order valence-electron chi connectivity index (χ1n) is 4.34. The molecule has 0 aromatic rings. The number of allylic oxidation sites excluding steroid dienone is 1. The molecule has 1 unspecified atom stereocenters. The van der Waals surface area contributed by atoms with Gasteiger partial charge in [-0.3, -0.25) is 0 Å². The zero-order valence-electron chi connectivity index (χ0n) is 8.82. The van der Waals surface area contributed by atoms with Gasteiger partial charge in [0.15, 0.2) is 0 Å². The fraction of sp³-hybridized carbons (Fsp3) is 0.600. The summed E-state index contributed by atoms with van der Waals surface area (Å²) in [6.45, 7) is 6.06. The largest absolute Gasteiger partial charge is 0.697 e. The van der Waals surface area contributed by atoms with Crippen LogP contribution in [-0.2, 0) is 13.6 Å². The summed E-state index contributed by atoms with van der Waals surface area (Å²) in [6.07, 6.45) is 8.80. The highest BCUT2D eigenvalue weighted by atomic mass is 31.1. The van der Waals surface area contributed by atoms with Crippen LogP contribution in [-0.4, -0.2) is 13.2 Å². The van der Waals surface area contributed by atoms with Crippen LogP contribution >= 0.6 is 8.25 Å². The van der Waals surface area contributed by atoms with Crippen LogP contribution < -0.4 is 0 Å². The van der Waals surface area contributed by atoms with Gasteiger partial charge in [0.05, 0.1) is 5.41 Å². The predicted molar refractivity (Wildman–Crippen MR) is 56.9 cm³/mol. The summed E-state index contributed by atoms with van der Waals surface area (Å²) < 4.78 is 20.9. The molecule has 0 aliphatic carbocycles. The summed E-state index contributed by atoms with van der Waals surface area (Å²) in [7, 11) is -2.06. The fourth-order valence-electron chi connectivity index (χ4n) is 0.493. The Kier molecular flexibility index (Phi) is 6.40. The molecule has 0 saturated heterocycles. The quantitative estimate of drug-likeness (QED) is 0.388. The molecule has 0 aromatic heterocycles. The topological polar surface area (TPSA) is 35.5 Å². The molecule has 0 amide bonds. The van der Waals surface area contributed by atoms with Crippen molar-refractivity contribution in [3.8, 4) is 12.3 Å².